The van der Waals surface area contributed by atoms with Crippen LogP contribution in [0, 0.1) is 0 Å². The summed E-state index contributed by atoms with van der Waals surface area (Å²) in [7, 11) is 1.52. The van der Waals surface area contributed by atoms with E-state index in [9.17, 15) is 9.59 Å². The first-order valence-electron chi connectivity index (χ1n) is 4.96. The van der Waals surface area contributed by atoms with Gasteiger partial charge in [0.15, 0.2) is 0 Å². The zero-order valence-electron chi connectivity index (χ0n) is 9.12. The molecule has 2 aromatic rings. The van der Waals surface area contributed by atoms with E-state index in [1.807, 2.05) is 0 Å². The molecule has 0 aliphatic heterocycles. The molecule has 0 amide bonds. The van der Waals surface area contributed by atoms with Crippen molar-refractivity contribution in [3.63, 3.8) is 0 Å². The first kappa shape index (κ1) is 11.1. The van der Waals surface area contributed by atoms with Gasteiger partial charge in [-0.1, -0.05) is 18.2 Å². The highest BCUT2D eigenvalue weighted by atomic mass is 16.4. The van der Waals surface area contributed by atoms with Crippen molar-refractivity contribution in [2.24, 2.45) is 7.05 Å². The van der Waals surface area contributed by atoms with Crippen molar-refractivity contribution in [1.29, 1.82) is 0 Å². The number of hydrogen-bond donors (Lipinski definition) is 1. The molecule has 1 heterocycles. The van der Waals surface area contributed by atoms with E-state index in [-0.39, 0.29) is 11.1 Å². The van der Waals surface area contributed by atoms with Crippen LogP contribution in [0.1, 0.15) is 10.4 Å². The normalized spacial score (nSPS) is 10.2. The average molecular weight is 230 g/mol. The molecular weight excluding hydrogens is 220 g/mol. The number of aryl methyl sites for hydroxylation is 1. The van der Waals surface area contributed by atoms with Gasteiger partial charge in [-0.15, -0.1) is 0 Å². The lowest BCUT2D eigenvalue weighted by Crippen LogP contribution is -2.18. The number of carboxylic acids is 1. The van der Waals surface area contributed by atoms with Crippen LogP contribution in [-0.2, 0) is 7.05 Å². The van der Waals surface area contributed by atoms with E-state index in [0.717, 1.165) is 0 Å². The lowest BCUT2D eigenvalue weighted by molar-refractivity contribution is 0.0697. The quantitative estimate of drug-likeness (QED) is 0.839. The van der Waals surface area contributed by atoms with Crippen molar-refractivity contribution in [3.8, 4) is 11.3 Å². The van der Waals surface area contributed by atoms with Gasteiger partial charge in [0.05, 0.1) is 11.3 Å². The Morgan fingerprint density at radius 1 is 1.24 bits per heavy atom. The molecular formula is C12H10N2O3. The van der Waals surface area contributed by atoms with Gasteiger partial charge in [0, 0.05) is 18.7 Å². The van der Waals surface area contributed by atoms with E-state index >= 15 is 0 Å². The van der Waals surface area contributed by atoms with Crippen LogP contribution >= 0.6 is 0 Å². The Morgan fingerprint density at radius 3 is 2.59 bits per heavy atom. The summed E-state index contributed by atoms with van der Waals surface area (Å²) >= 11 is 0. The Balaban J connectivity index is 2.64. The summed E-state index contributed by atoms with van der Waals surface area (Å²) in [4.78, 5) is 22.3. The van der Waals surface area contributed by atoms with E-state index in [1.54, 1.807) is 18.2 Å². The van der Waals surface area contributed by atoms with Crippen LogP contribution in [0.3, 0.4) is 0 Å². The molecule has 0 saturated carbocycles. The fourth-order valence-corrected chi connectivity index (χ4v) is 1.54. The molecule has 0 spiro atoms. The number of carboxylic acid groups (broad SMARTS) is 1. The van der Waals surface area contributed by atoms with Gasteiger partial charge in [0.1, 0.15) is 0 Å². The molecule has 86 valence electrons. The van der Waals surface area contributed by atoms with Crippen molar-refractivity contribution in [3.05, 3.63) is 52.3 Å². The van der Waals surface area contributed by atoms with Crippen molar-refractivity contribution < 1.29 is 9.90 Å². The molecule has 1 N–H and O–H groups in total. The third kappa shape index (κ3) is 2.08. The van der Waals surface area contributed by atoms with Crippen LogP contribution < -0.4 is 5.56 Å². The Labute approximate surface area is 97.0 Å². The Bertz CT molecular complexity index is 632. The minimum Gasteiger partial charge on any atom is -0.478 e. The lowest BCUT2D eigenvalue weighted by Gasteiger charge is -2.05. The van der Waals surface area contributed by atoms with Gasteiger partial charge in [-0.3, -0.25) is 4.79 Å². The van der Waals surface area contributed by atoms with Crippen molar-refractivity contribution >= 4 is 5.97 Å². The summed E-state index contributed by atoms with van der Waals surface area (Å²) in [5.41, 5.74) is 0.890. The summed E-state index contributed by atoms with van der Waals surface area (Å²) < 4.78 is 1.17. The summed E-state index contributed by atoms with van der Waals surface area (Å²) in [6, 6.07) is 9.43. The predicted molar refractivity (Wildman–Crippen MR) is 61.9 cm³/mol. The largest absolute Gasteiger partial charge is 0.478 e. The van der Waals surface area contributed by atoms with Crippen molar-refractivity contribution in [2.45, 2.75) is 0 Å². The third-order valence-electron chi connectivity index (χ3n) is 2.39. The van der Waals surface area contributed by atoms with Gasteiger partial charge in [-0.2, -0.15) is 5.10 Å². The number of carbonyl (C=O) groups is 1. The minimum absolute atomic E-state index is 0.165. The summed E-state index contributed by atoms with van der Waals surface area (Å²) in [5.74, 6) is -1.02. The van der Waals surface area contributed by atoms with E-state index in [1.165, 1.54) is 29.9 Å². The smallest absolute Gasteiger partial charge is 0.336 e. The van der Waals surface area contributed by atoms with Crippen molar-refractivity contribution in [1.82, 2.24) is 9.78 Å². The monoisotopic (exact) mass is 230 g/mol. The minimum atomic E-state index is -1.02. The molecule has 1 aromatic heterocycles. The second kappa shape index (κ2) is 4.21. The molecule has 0 atom stereocenters. The zero-order chi connectivity index (χ0) is 12.4. The molecule has 0 aliphatic rings. The number of hydrogen-bond acceptors (Lipinski definition) is 3. The van der Waals surface area contributed by atoms with Crippen LogP contribution in [0.4, 0.5) is 0 Å². The van der Waals surface area contributed by atoms with Gasteiger partial charge in [0.2, 0.25) is 0 Å². The third-order valence-corrected chi connectivity index (χ3v) is 2.39. The molecule has 0 unspecified atom stereocenters. The number of rotatable bonds is 2. The second-order valence-electron chi connectivity index (χ2n) is 3.53. The maximum Gasteiger partial charge on any atom is 0.336 e. The molecule has 0 aliphatic carbocycles. The van der Waals surface area contributed by atoms with E-state index in [0.29, 0.717) is 11.3 Å². The molecule has 2 rings (SSSR count). The fourth-order valence-electron chi connectivity index (χ4n) is 1.54. The zero-order valence-corrected chi connectivity index (χ0v) is 9.12. The average Bonchev–Trinajstić information content (AvgIpc) is 2.32. The first-order chi connectivity index (χ1) is 8.09. The van der Waals surface area contributed by atoms with Gasteiger partial charge < -0.3 is 5.11 Å². The Kier molecular flexibility index (Phi) is 2.74. The summed E-state index contributed by atoms with van der Waals surface area (Å²) in [5, 5.41) is 13.1. The van der Waals surface area contributed by atoms with Gasteiger partial charge in [-0.05, 0) is 12.1 Å². The first-order valence-corrected chi connectivity index (χ1v) is 4.96. The number of nitrogens with zero attached hydrogens (tertiary/aromatic N) is 2. The van der Waals surface area contributed by atoms with Crippen LogP contribution in [-0.4, -0.2) is 20.9 Å². The molecule has 0 saturated heterocycles. The molecule has 0 bridgehead atoms. The number of aromatic carboxylic acids is 1. The maximum absolute atomic E-state index is 11.2. The highest BCUT2D eigenvalue weighted by Crippen LogP contribution is 2.20. The van der Waals surface area contributed by atoms with Crippen LogP contribution in [0.2, 0.25) is 0 Å². The fraction of sp³-hybridized carbons (Fsp3) is 0.0833. The molecule has 0 radical (unpaired) electrons. The summed E-state index contributed by atoms with van der Waals surface area (Å²) in [6.07, 6.45) is 0. The predicted octanol–water partition coefficient (Wildman–Crippen LogP) is 1.15. The van der Waals surface area contributed by atoms with Gasteiger partial charge >= 0.3 is 5.97 Å². The Hall–Kier alpha value is -2.43. The molecule has 1 aromatic carbocycles. The van der Waals surface area contributed by atoms with Crippen LogP contribution in [0.25, 0.3) is 11.3 Å². The number of aromatic nitrogens is 2. The number of benzene rings is 1. The van der Waals surface area contributed by atoms with Gasteiger partial charge in [-0.25, -0.2) is 9.48 Å². The maximum atomic E-state index is 11.2. The molecule has 17 heavy (non-hydrogen) atoms. The second-order valence-corrected chi connectivity index (χ2v) is 3.53. The topological polar surface area (TPSA) is 72.2 Å². The SMILES string of the molecule is Cn1nc(-c2ccccc2C(=O)O)ccc1=O. The molecule has 0 fully saturated rings. The highest BCUT2D eigenvalue weighted by Gasteiger charge is 2.12. The molecule has 5 nitrogen and oxygen atoms in total. The van der Waals surface area contributed by atoms with Crippen LogP contribution in [0.15, 0.2) is 41.2 Å². The highest BCUT2D eigenvalue weighted by molar-refractivity contribution is 5.95. The van der Waals surface area contributed by atoms with Gasteiger partial charge in [0.25, 0.3) is 5.56 Å². The van der Waals surface area contributed by atoms with Crippen LogP contribution in [0.5, 0.6) is 0 Å². The molecule has 5 heteroatoms. The Morgan fingerprint density at radius 2 is 1.94 bits per heavy atom. The van der Waals surface area contributed by atoms with Crippen molar-refractivity contribution in [2.75, 3.05) is 0 Å². The van der Waals surface area contributed by atoms with E-state index < -0.39 is 5.97 Å². The lowest BCUT2D eigenvalue weighted by atomic mass is 10.0. The summed E-state index contributed by atoms with van der Waals surface area (Å²) in [6.45, 7) is 0. The standard InChI is InChI=1S/C12H10N2O3/c1-14-11(15)7-6-10(13-14)8-4-2-3-5-9(8)12(16)17/h2-7H,1H3,(H,16,17). The van der Waals surface area contributed by atoms with E-state index in [2.05, 4.69) is 5.10 Å². The van der Waals surface area contributed by atoms with E-state index in [4.69, 9.17) is 5.11 Å².